The van der Waals surface area contributed by atoms with Crippen LogP contribution in [-0.2, 0) is 24.3 Å². The van der Waals surface area contributed by atoms with E-state index in [0.717, 1.165) is 14.3 Å². The van der Waals surface area contributed by atoms with Crippen molar-refractivity contribution in [3.05, 3.63) is 58.6 Å². The molecule has 0 N–H and O–H groups in total. The summed E-state index contributed by atoms with van der Waals surface area (Å²) in [6, 6.07) is 13.3. The topological polar surface area (TPSA) is 84.0 Å². The second-order valence-electron chi connectivity index (χ2n) is 7.48. The highest BCUT2D eigenvalue weighted by Crippen LogP contribution is 2.26. The minimum Gasteiger partial charge on any atom is -0.469 e. The summed E-state index contributed by atoms with van der Waals surface area (Å²) in [5.74, 6) is -0.805. The lowest BCUT2D eigenvalue weighted by molar-refractivity contribution is -0.148. The number of carbonyl (C=O) groups is 2. The molecule has 7 nitrogen and oxygen atoms in total. The van der Waals surface area contributed by atoms with E-state index >= 15 is 0 Å². The first-order valence-corrected chi connectivity index (χ1v) is 12.2. The molecule has 0 radical (unpaired) electrons. The molecule has 0 aromatic heterocycles. The van der Waals surface area contributed by atoms with Crippen LogP contribution in [0.5, 0.6) is 0 Å². The Bertz CT molecular complexity index is 1030. The third-order valence-corrected chi connectivity index (χ3v) is 7.70. The fourth-order valence-corrected chi connectivity index (χ4v) is 5.19. The molecule has 1 amide bonds. The number of nitrogens with zero attached hydrogens (tertiary/aromatic N) is 2. The predicted octanol–water partition coefficient (Wildman–Crippen LogP) is 3.36. The first kappa shape index (κ1) is 23.3. The Morgan fingerprint density at radius 1 is 1.06 bits per heavy atom. The van der Waals surface area contributed by atoms with E-state index in [1.165, 1.54) is 7.11 Å². The predicted molar refractivity (Wildman–Crippen MR) is 121 cm³/mol. The lowest BCUT2D eigenvalue weighted by Gasteiger charge is -2.33. The molecule has 1 heterocycles. The summed E-state index contributed by atoms with van der Waals surface area (Å²) in [6.45, 7) is 2.33. The van der Waals surface area contributed by atoms with Crippen molar-refractivity contribution < 1.29 is 22.7 Å². The van der Waals surface area contributed by atoms with Gasteiger partial charge in [-0.1, -0.05) is 33.6 Å². The molecule has 0 bridgehead atoms. The van der Waals surface area contributed by atoms with Crippen molar-refractivity contribution in [3.8, 4) is 0 Å². The van der Waals surface area contributed by atoms with Crippen molar-refractivity contribution in [2.75, 3.05) is 31.0 Å². The molecular formula is C22H25BrN2O5S. The molecule has 1 aliphatic rings. The van der Waals surface area contributed by atoms with Crippen LogP contribution in [0.2, 0.25) is 0 Å². The Morgan fingerprint density at radius 3 is 2.19 bits per heavy atom. The van der Waals surface area contributed by atoms with Crippen molar-refractivity contribution in [1.29, 1.82) is 0 Å². The van der Waals surface area contributed by atoms with Gasteiger partial charge in [0, 0.05) is 17.6 Å². The number of anilines is 1. The molecule has 166 valence electrons. The summed E-state index contributed by atoms with van der Waals surface area (Å²) in [4.78, 5) is 26.5. The number of likely N-dealkylation sites (tertiary alicyclic amines) is 1. The van der Waals surface area contributed by atoms with E-state index in [2.05, 4.69) is 15.9 Å². The smallest absolute Gasteiger partial charge is 0.308 e. The number of carbonyl (C=O) groups excluding carboxylic acids is 2. The number of rotatable bonds is 6. The number of aryl methyl sites for hydroxylation is 1. The quantitative estimate of drug-likeness (QED) is 0.558. The number of piperidine rings is 1. The molecule has 0 aliphatic carbocycles. The number of benzene rings is 2. The molecule has 31 heavy (non-hydrogen) atoms. The average Bonchev–Trinajstić information content (AvgIpc) is 2.78. The third kappa shape index (κ3) is 5.46. The second-order valence-corrected chi connectivity index (χ2v) is 10.3. The zero-order chi connectivity index (χ0) is 22.6. The van der Waals surface area contributed by atoms with E-state index in [4.69, 9.17) is 4.74 Å². The van der Waals surface area contributed by atoms with Crippen molar-refractivity contribution in [2.24, 2.45) is 5.92 Å². The van der Waals surface area contributed by atoms with Gasteiger partial charge in [-0.2, -0.15) is 0 Å². The van der Waals surface area contributed by atoms with Gasteiger partial charge in [0.15, 0.2) is 0 Å². The van der Waals surface area contributed by atoms with Gasteiger partial charge in [0.2, 0.25) is 5.91 Å². The van der Waals surface area contributed by atoms with E-state index in [1.807, 2.05) is 6.92 Å². The highest BCUT2D eigenvalue weighted by Gasteiger charge is 2.32. The molecule has 0 saturated carbocycles. The highest BCUT2D eigenvalue weighted by molar-refractivity contribution is 9.10. The maximum absolute atomic E-state index is 13.4. The van der Waals surface area contributed by atoms with E-state index in [9.17, 15) is 18.0 Å². The van der Waals surface area contributed by atoms with Gasteiger partial charge >= 0.3 is 5.97 Å². The van der Waals surface area contributed by atoms with Gasteiger partial charge in [-0.3, -0.25) is 13.9 Å². The molecule has 0 atom stereocenters. The standard InChI is InChI=1S/C22H25BrN2O5S/c1-16-3-9-20(10-4-16)31(28,29)25(19-7-5-18(23)6-8-19)15-21(26)24-13-11-17(12-14-24)22(27)30-2/h3-10,17H,11-15H2,1-2H3. The van der Waals surface area contributed by atoms with Gasteiger partial charge in [-0.05, 0) is 56.2 Å². The van der Waals surface area contributed by atoms with Gasteiger partial charge in [0.1, 0.15) is 6.54 Å². The molecule has 1 fully saturated rings. The lowest BCUT2D eigenvalue weighted by Crippen LogP contribution is -2.46. The summed E-state index contributed by atoms with van der Waals surface area (Å²) in [5, 5.41) is 0. The first-order chi connectivity index (χ1) is 14.7. The normalized spacial score (nSPS) is 14.9. The van der Waals surface area contributed by atoms with Gasteiger partial charge in [-0.25, -0.2) is 8.42 Å². The summed E-state index contributed by atoms with van der Waals surface area (Å²) in [5.41, 5.74) is 1.35. The zero-order valence-electron chi connectivity index (χ0n) is 17.5. The Hall–Kier alpha value is -2.39. The van der Waals surface area contributed by atoms with E-state index in [1.54, 1.807) is 53.4 Å². The number of hydrogen-bond acceptors (Lipinski definition) is 5. The molecule has 2 aromatic rings. The number of hydrogen-bond donors (Lipinski definition) is 0. The molecule has 1 saturated heterocycles. The minimum absolute atomic E-state index is 0.123. The van der Waals surface area contributed by atoms with Crippen LogP contribution in [0.4, 0.5) is 5.69 Å². The summed E-state index contributed by atoms with van der Waals surface area (Å²) >= 11 is 3.35. The number of halogens is 1. The number of esters is 1. The van der Waals surface area contributed by atoms with E-state index in [-0.39, 0.29) is 29.2 Å². The molecule has 0 spiro atoms. The van der Waals surface area contributed by atoms with E-state index < -0.39 is 10.0 Å². The SMILES string of the molecule is COC(=O)C1CCN(C(=O)CN(c2ccc(Br)cc2)S(=O)(=O)c2ccc(C)cc2)CC1. The fraction of sp³-hybridized carbons (Fsp3) is 0.364. The fourth-order valence-electron chi connectivity index (χ4n) is 3.51. The Balaban J connectivity index is 1.84. The van der Waals surface area contributed by atoms with Gasteiger partial charge in [-0.15, -0.1) is 0 Å². The molecule has 3 rings (SSSR count). The van der Waals surface area contributed by atoms with E-state index in [0.29, 0.717) is 31.6 Å². The van der Waals surface area contributed by atoms with Gasteiger partial charge in [0.05, 0.1) is 23.6 Å². The van der Waals surface area contributed by atoms with Crippen molar-refractivity contribution in [2.45, 2.75) is 24.7 Å². The van der Waals surface area contributed by atoms with Gasteiger partial charge < -0.3 is 9.64 Å². The summed E-state index contributed by atoms with van der Waals surface area (Å²) < 4.78 is 33.5. The maximum Gasteiger partial charge on any atom is 0.308 e. The molecule has 9 heteroatoms. The van der Waals surface area contributed by atoms with Crippen LogP contribution in [0.3, 0.4) is 0 Å². The first-order valence-electron chi connectivity index (χ1n) is 9.93. The number of methoxy groups -OCH3 is 1. The van der Waals surface area contributed by atoms with Crippen molar-refractivity contribution in [3.63, 3.8) is 0 Å². The maximum atomic E-state index is 13.4. The minimum atomic E-state index is -3.95. The summed E-state index contributed by atoms with van der Waals surface area (Å²) in [7, 11) is -2.60. The lowest BCUT2D eigenvalue weighted by atomic mass is 9.97. The Kier molecular flexibility index (Phi) is 7.38. The van der Waals surface area contributed by atoms with Crippen LogP contribution < -0.4 is 4.31 Å². The zero-order valence-corrected chi connectivity index (χ0v) is 19.9. The Labute approximate surface area is 191 Å². The largest absolute Gasteiger partial charge is 0.469 e. The van der Waals surface area contributed by atoms with Crippen LogP contribution in [0, 0.1) is 12.8 Å². The molecule has 0 unspecified atom stereocenters. The van der Waals surface area contributed by atoms with Crippen molar-refractivity contribution in [1.82, 2.24) is 4.90 Å². The molecular weight excluding hydrogens is 484 g/mol. The van der Waals surface area contributed by atoms with Crippen LogP contribution >= 0.6 is 15.9 Å². The average molecular weight is 509 g/mol. The molecule has 2 aromatic carbocycles. The highest BCUT2D eigenvalue weighted by atomic mass is 79.9. The number of ether oxygens (including phenoxy) is 1. The number of sulfonamides is 1. The summed E-state index contributed by atoms with van der Waals surface area (Å²) in [6.07, 6.45) is 1.00. The third-order valence-electron chi connectivity index (χ3n) is 5.38. The Morgan fingerprint density at radius 2 is 1.65 bits per heavy atom. The van der Waals surface area contributed by atoms with Crippen LogP contribution in [0.1, 0.15) is 18.4 Å². The van der Waals surface area contributed by atoms with Crippen LogP contribution in [0.25, 0.3) is 0 Å². The van der Waals surface area contributed by atoms with Crippen molar-refractivity contribution >= 4 is 43.5 Å². The molecule has 1 aliphatic heterocycles. The van der Waals surface area contributed by atoms with Crippen LogP contribution in [-0.4, -0.2) is 51.9 Å². The second kappa shape index (κ2) is 9.82. The van der Waals surface area contributed by atoms with Gasteiger partial charge in [0.25, 0.3) is 10.0 Å². The van der Waals surface area contributed by atoms with Crippen LogP contribution in [0.15, 0.2) is 57.9 Å². The monoisotopic (exact) mass is 508 g/mol. The number of amides is 1.